The van der Waals surface area contributed by atoms with Crippen LogP contribution in [0.3, 0.4) is 0 Å². The van der Waals surface area contributed by atoms with Crippen molar-refractivity contribution in [2.45, 2.75) is 53.1 Å². The monoisotopic (exact) mass is 436 g/mol. The number of benzene rings is 1. The van der Waals surface area contributed by atoms with Gasteiger partial charge in [-0.15, -0.1) is 0 Å². The van der Waals surface area contributed by atoms with Crippen LogP contribution in [0.2, 0.25) is 13.1 Å². The predicted molar refractivity (Wildman–Crippen MR) is 93.3 cm³/mol. The van der Waals surface area contributed by atoms with E-state index < -0.39 is 8.07 Å². The van der Waals surface area contributed by atoms with Crippen molar-refractivity contribution >= 4 is 18.4 Å². The van der Waals surface area contributed by atoms with Gasteiger partial charge in [0, 0.05) is 0 Å². The van der Waals surface area contributed by atoms with Gasteiger partial charge in [0.1, 0.15) is 0 Å². The maximum Gasteiger partial charge on any atom is 4.00 e. The number of unbranched alkanes of at least 4 members (excludes halogenated alkanes) is 1. The van der Waals surface area contributed by atoms with Crippen LogP contribution in [0.15, 0.2) is 36.4 Å². The molecule has 5 heteroatoms. The summed E-state index contributed by atoms with van der Waals surface area (Å²) < 4.78 is 0. The SMILES string of the molecule is CCCCc1ccc[c-]1[Si](C)(C)c1cc(C)cc(C)c1.[Cl-].[Cl-].[Cl-].[Ti+4]. The molecule has 0 atom stereocenters. The summed E-state index contributed by atoms with van der Waals surface area (Å²) in [5, 5.41) is 3.20. The second-order valence-corrected chi connectivity index (χ2v) is 10.9. The Morgan fingerprint density at radius 1 is 0.958 bits per heavy atom. The zero-order valence-electron chi connectivity index (χ0n) is 15.2. The van der Waals surface area contributed by atoms with E-state index in [1.54, 1.807) is 15.9 Å². The number of hydrogen-bond donors (Lipinski definition) is 0. The average molecular weight is 438 g/mol. The summed E-state index contributed by atoms with van der Waals surface area (Å²) >= 11 is 0. The fraction of sp³-hybridized carbons (Fsp3) is 0.421. The van der Waals surface area contributed by atoms with Crippen molar-refractivity contribution in [1.29, 1.82) is 0 Å². The van der Waals surface area contributed by atoms with Crippen molar-refractivity contribution in [3.63, 3.8) is 0 Å². The first-order valence-electron chi connectivity index (χ1n) is 7.79. The van der Waals surface area contributed by atoms with Crippen LogP contribution in [0.1, 0.15) is 36.5 Å². The van der Waals surface area contributed by atoms with Crippen molar-refractivity contribution in [3.05, 3.63) is 53.1 Å². The molecule has 2 aromatic rings. The second kappa shape index (κ2) is 12.7. The van der Waals surface area contributed by atoms with E-state index in [4.69, 9.17) is 0 Å². The van der Waals surface area contributed by atoms with Crippen LogP contribution in [0.25, 0.3) is 0 Å². The van der Waals surface area contributed by atoms with Crippen LogP contribution in [0.4, 0.5) is 0 Å². The van der Waals surface area contributed by atoms with Crippen LogP contribution in [0.5, 0.6) is 0 Å². The summed E-state index contributed by atoms with van der Waals surface area (Å²) in [5.41, 5.74) is 4.37. The summed E-state index contributed by atoms with van der Waals surface area (Å²) in [5.74, 6) is 0. The van der Waals surface area contributed by atoms with Crippen molar-refractivity contribution < 1.29 is 58.9 Å². The largest absolute Gasteiger partial charge is 4.00 e. The fourth-order valence-electron chi connectivity index (χ4n) is 3.14. The molecule has 0 aliphatic rings. The first-order chi connectivity index (χ1) is 9.45. The van der Waals surface area contributed by atoms with Crippen LogP contribution < -0.4 is 47.6 Å². The van der Waals surface area contributed by atoms with Crippen molar-refractivity contribution in [2.24, 2.45) is 0 Å². The van der Waals surface area contributed by atoms with E-state index in [-0.39, 0.29) is 58.9 Å². The van der Waals surface area contributed by atoms with E-state index in [1.165, 1.54) is 30.4 Å². The maximum atomic E-state index is 2.49. The third-order valence-corrected chi connectivity index (χ3v) is 7.89. The van der Waals surface area contributed by atoms with Crippen LogP contribution in [0, 0.1) is 13.8 Å². The quantitative estimate of drug-likeness (QED) is 0.325. The van der Waals surface area contributed by atoms with Gasteiger partial charge >= 0.3 is 21.7 Å². The Hall–Kier alpha value is 0.371. The topological polar surface area (TPSA) is 0 Å². The molecule has 0 nitrogen and oxygen atoms in total. The smallest absolute Gasteiger partial charge is 1.00 e. The van der Waals surface area contributed by atoms with Crippen LogP contribution >= 0.6 is 0 Å². The Kier molecular flexibility index (Phi) is 15.4. The Labute approximate surface area is 182 Å². The molecule has 0 saturated carbocycles. The second-order valence-electron chi connectivity index (χ2n) is 6.57. The van der Waals surface area contributed by atoms with Gasteiger partial charge in [0.15, 0.2) is 0 Å². The Balaban J connectivity index is -0.00000110. The van der Waals surface area contributed by atoms with Gasteiger partial charge in [-0.3, -0.25) is 0 Å². The molecule has 0 spiro atoms. The van der Waals surface area contributed by atoms with E-state index in [0.29, 0.717) is 0 Å². The van der Waals surface area contributed by atoms with Gasteiger partial charge in [-0.1, -0.05) is 73.8 Å². The van der Waals surface area contributed by atoms with E-state index in [2.05, 4.69) is 70.3 Å². The minimum atomic E-state index is -1.56. The van der Waals surface area contributed by atoms with Crippen molar-refractivity contribution in [3.8, 4) is 0 Å². The third kappa shape index (κ3) is 6.94. The fourth-order valence-corrected chi connectivity index (χ4v) is 6.16. The molecule has 2 rings (SSSR count). The molecule has 0 aromatic heterocycles. The summed E-state index contributed by atoms with van der Waals surface area (Å²) in [6, 6.07) is 14.0. The number of hydrogen-bond acceptors (Lipinski definition) is 0. The average Bonchev–Trinajstić information content (AvgIpc) is 2.84. The third-order valence-electron chi connectivity index (χ3n) is 4.32. The number of aryl methyl sites for hydroxylation is 3. The molecule has 24 heavy (non-hydrogen) atoms. The molecule has 0 heterocycles. The summed E-state index contributed by atoms with van der Waals surface area (Å²) in [6.07, 6.45) is 3.81. The first-order valence-corrected chi connectivity index (χ1v) is 10.8. The molecule has 0 radical (unpaired) electrons. The van der Waals surface area contributed by atoms with Gasteiger partial charge < -0.3 is 37.2 Å². The predicted octanol–water partition coefficient (Wildman–Crippen LogP) is -4.80. The van der Waals surface area contributed by atoms with Crippen LogP contribution in [-0.4, -0.2) is 8.07 Å². The van der Waals surface area contributed by atoms with Gasteiger partial charge in [-0.2, -0.15) is 16.8 Å². The molecule has 0 bridgehead atoms. The molecular weight excluding hydrogens is 411 g/mol. The Morgan fingerprint density at radius 3 is 2.00 bits per heavy atom. The Bertz CT molecular complexity index is 574. The van der Waals surface area contributed by atoms with Crippen LogP contribution in [-0.2, 0) is 28.1 Å². The van der Waals surface area contributed by atoms with Gasteiger partial charge in [0.2, 0.25) is 0 Å². The first kappa shape index (κ1) is 29.1. The minimum Gasteiger partial charge on any atom is -1.00 e. The van der Waals surface area contributed by atoms with Gasteiger partial charge in [0.25, 0.3) is 0 Å². The Morgan fingerprint density at radius 2 is 1.50 bits per heavy atom. The molecule has 0 N–H and O–H groups in total. The summed E-state index contributed by atoms with van der Waals surface area (Å²) in [7, 11) is -1.56. The summed E-state index contributed by atoms with van der Waals surface area (Å²) in [6.45, 7) is 11.7. The van der Waals surface area contributed by atoms with Gasteiger partial charge in [0.05, 0.1) is 8.07 Å². The van der Waals surface area contributed by atoms with E-state index >= 15 is 0 Å². The molecule has 0 saturated heterocycles. The van der Waals surface area contributed by atoms with Crippen molar-refractivity contribution in [1.82, 2.24) is 0 Å². The molecule has 0 fully saturated rings. The standard InChI is InChI=1S/C19H27Si.3ClH.Ti/c1-6-7-9-17-10-8-11-19(17)20(4,5)18-13-15(2)12-16(3)14-18;;;;/h8,10-14H,6-7,9H2,1-5H3;3*1H;/q-1;;;;+4/p-3. The minimum absolute atomic E-state index is 0. The van der Waals surface area contributed by atoms with Gasteiger partial charge in [-0.25, -0.2) is 12.1 Å². The molecule has 132 valence electrons. The van der Waals surface area contributed by atoms with E-state index in [1.807, 2.05) is 0 Å². The van der Waals surface area contributed by atoms with E-state index in [9.17, 15) is 0 Å². The molecular formula is C19H27Cl3SiTi. The maximum absolute atomic E-state index is 2.49. The molecule has 0 amide bonds. The molecule has 0 aliphatic heterocycles. The number of rotatable bonds is 5. The number of halogens is 3. The normalized spacial score (nSPS) is 9.88. The zero-order chi connectivity index (χ0) is 14.8. The molecule has 0 aliphatic carbocycles. The van der Waals surface area contributed by atoms with Gasteiger partial charge in [-0.05, 0) is 13.8 Å². The molecule has 0 unspecified atom stereocenters. The van der Waals surface area contributed by atoms with E-state index in [0.717, 1.165) is 0 Å². The zero-order valence-corrected chi connectivity index (χ0v) is 20.0. The molecule has 2 aromatic carbocycles. The summed E-state index contributed by atoms with van der Waals surface area (Å²) in [4.78, 5) is 0. The van der Waals surface area contributed by atoms with Crippen molar-refractivity contribution in [2.75, 3.05) is 0 Å².